The van der Waals surface area contributed by atoms with Crippen molar-refractivity contribution in [2.45, 2.75) is 6.92 Å². The summed E-state index contributed by atoms with van der Waals surface area (Å²) in [5.74, 6) is 0.422. The Hall–Kier alpha value is -0.900. The molecule has 0 aliphatic rings. The number of rotatable bonds is 2. The van der Waals surface area contributed by atoms with E-state index in [1.807, 2.05) is 0 Å². The molecule has 1 aromatic rings. The van der Waals surface area contributed by atoms with Gasteiger partial charge in [0.2, 0.25) is 0 Å². The Morgan fingerprint density at radius 3 is 3.08 bits per heavy atom. The zero-order chi connectivity index (χ0) is 8.97. The molecule has 4 heteroatoms. The minimum Gasteiger partial charge on any atom is -0.429 e. The van der Waals surface area contributed by atoms with Crippen LogP contribution in [0.25, 0.3) is 0 Å². The van der Waals surface area contributed by atoms with Crippen molar-refractivity contribution in [2.75, 3.05) is 0 Å². The maximum absolute atomic E-state index is 12.6. The summed E-state index contributed by atoms with van der Waals surface area (Å²) in [5, 5.41) is 0. The van der Waals surface area contributed by atoms with Gasteiger partial charge in [-0.3, -0.25) is 4.98 Å². The molecule has 0 atom stereocenters. The third-order valence-electron chi connectivity index (χ3n) is 1.25. The SMILES string of the molecule is Cc1ncccc1OC(F)=CBr. The molecule has 0 aliphatic carbocycles. The summed E-state index contributed by atoms with van der Waals surface area (Å²) in [6, 6.07) is 2.65. The molecule has 2 nitrogen and oxygen atoms in total. The summed E-state index contributed by atoms with van der Waals surface area (Å²) in [5.41, 5.74) is 0.655. The first-order valence-corrected chi connectivity index (χ1v) is 4.21. The van der Waals surface area contributed by atoms with Crippen molar-refractivity contribution in [1.29, 1.82) is 0 Å². The third-order valence-corrected chi connectivity index (χ3v) is 1.61. The summed E-state index contributed by atoms with van der Waals surface area (Å²) < 4.78 is 17.3. The molecule has 0 saturated carbocycles. The lowest BCUT2D eigenvalue weighted by molar-refractivity contribution is 0.301. The number of nitrogens with zero attached hydrogens (tertiary/aromatic N) is 1. The lowest BCUT2D eigenvalue weighted by Crippen LogP contribution is -1.92. The maximum Gasteiger partial charge on any atom is 0.285 e. The molecular weight excluding hydrogens is 225 g/mol. The molecule has 0 aromatic carbocycles. The highest BCUT2D eigenvalue weighted by atomic mass is 79.9. The van der Waals surface area contributed by atoms with Crippen LogP contribution in [0.15, 0.2) is 29.3 Å². The summed E-state index contributed by atoms with van der Waals surface area (Å²) >= 11 is 2.81. The van der Waals surface area contributed by atoms with Gasteiger partial charge >= 0.3 is 0 Å². The van der Waals surface area contributed by atoms with Crippen LogP contribution in [-0.4, -0.2) is 4.98 Å². The van der Waals surface area contributed by atoms with E-state index in [-0.39, 0.29) is 0 Å². The average Bonchev–Trinajstić information content (AvgIpc) is 2.09. The van der Waals surface area contributed by atoms with Gasteiger partial charge in [-0.05, 0) is 19.1 Å². The number of aromatic nitrogens is 1. The van der Waals surface area contributed by atoms with Crippen LogP contribution < -0.4 is 4.74 Å². The molecule has 1 heterocycles. The summed E-state index contributed by atoms with van der Waals surface area (Å²) in [7, 11) is 0. The molecule has 0 amide bonds. The molecule has 0 spiro atoms. The maximum atomic E-state index is 12.6. The van der Waals surface area contributed by atoms with Gasteiger partial charge in [-0.25, -0.2) is 0 Å². The van der Waals surface area contributed by atoms with Crippen molar-refractivity contribution in [3.8, 4) is 5.75 Å². The Bertz CT molecular complexity index is 301. The molecule has 0 saturated heterocycles. The van der Waals surface area contributed by atoms with Gasteiger partial charge in [-0.15, -0.1) is 0 Å². The Kier molecular flexibility index (Phi) is 3.22. The molecule has 64 valence electrons. The van der Waals surface area contributed by atoms with Gasteiger partial charge in [0.25, 0.3) is 6.01 Å². The van der Waals surface area contributed by atoms with Gasteiger partial charge in [0.15, 0.2) is 5.75 Å². The number of hydrogen-bond donors (Lipinski definition) is 0. The molecule has 0 bridgehead atoms. The van der Waals surface area contributed by atoms with Crippen molar-refractivity contribution >= 4 is 15.9 Å². The summed E-state index contributed by atoms with van der Waals surface area (Å²) in [6.45, 7) is 1.75. The van der Waals surface area contributed by atoms with E-state index in [9.17, 15) is 4.39 Å². The first kappa shape index (κ1) is 9.19. The standard InChI is InChI=1S/C8H7BrFNO/c1-6-7(3-2-4-11-6)12-8(10)5-9/h2-5H,1H3. The number of pyridine rings is 1. The van der Waals surface area contributed by atoms with Gasteiger partial charge in [0.05, 0.1) is 10.7 Å². The smallest absolute Gasteiger partial charge is 0.285 e. The fourth-order valence-corrected chi connectivity index (χ4v) is 0.798. The Balaban J connectivity index is 2.82. The van der Waals surface area contributed by atoms with E-state index in [4.69, 9.17) is 4.74 Å². The van der Waals surface area contributed by atoms with Crippen LogP contribution in [0.4, 0.5) is 4.39 Å². The molecule has 0 N–H and O–H groups in total. The van der Waals surface area contributed by atoms with E-state index in [1.165, 1.54) is 0 Å². The topological polar surface area (TPSA) is 22.1 Å². The van der Waals surface area contributed by atoms with Gasteiger partial charge in [-0.1, -0.05) is 15.9 Å². The third kappa shape index (κ3) is 2.30. The second-order valence-electron chi connectivity index (χ2n) is 2.10. The van der Waals surface area contributed by atoms with E-state index in [1.54, 1.807) is 25.3 Å². The van der Waals surface area contributed by atoms with Crippen LogP contribution in [0.3, 0.4) is 0 Å². The minimum absolute atomic E-state index is 0.422. The lowest BCUT2D eigenvalue weighted by Gasteiger charge is -2.03. The predicted octanol–water partition coefficient (Wildman–Crippen LogP) is 2.93. The summed E-state index contributed by atoms with van der Waals surface area (Å²) in [4.78, 5) is 5.00. The van der Waals surface area contributed by atoms with E-state index in [0.717, 1.165) is 4.99 Å². The van der Waals surface area contributed by atoms with Crippen molar-refractivity contribution in [3.63, 3.8) is 0 Å². The number of halogens is 2. The summed E-state index contributed by atoms with van der Waals surface area (Å²) in [6.07, 6.45) is 1.62. The van der Waals surface area contributed by atoms with E-state index in [2.05, 4.69) is 20.9 Å². The minimum atomic E-state index is -0.689. The number of ether oxygens (including phenoxy) is 1. The van der Waals surface area contributed by atoms with Crippen molar-refractivity contribution in [1.82, 2.24) is 4.98 Å². The molecule has 1 rings (SSSR count). The second kappa shape index (κ2) is 4.21. The fourth-order valence-electron chi connectivity index (χ4n) is 0.705. The van der Waals surface area contributed by atoms with Crippen molar-refractivity contribution in [2.24, 2.45) is 0 Å². The monoisotopic (exact) mass is 231 g/mol. The number of hydrogen-bond acceptors (Lipinski definition) is 2. The zero-order valence-corrected chi connectivity index (χ0v) is 8.01. The molecule has 0 unspecified atom stereocenters. The van der Waals surface area contributed by atoms with Crippen LogP contribution in [0.1, 0.15) is 5.69 Å². The first-order chi connectivity index (χ1) is 5.74. The van der Waals surface area contributed by atoms with Crippen LogP contribution in [0.5, 0.6) is 5.75 Å². The lowest BCUT2D eigenvalue weighted by atomic mass is 10.3. The second-order valence-corrected chi connectivity index (χ2v) is 2.56. The van der Waals surface area contributed by atoms with Crippen LogP contribution in [-0.2, 0) is 0 Å². The van der Waals surface area contributed by atoms with E-state index < -0.39 is 6.01 Å². The van der Waals surface area contributed by atoms with Gasteiger partial charge in [0, 0.05) is 6.20 Å². The van der Waals surface area contributed by atoms with Crippen molar-refractivity contribution < 1.29 is 9.13 Å². The van der Waals surface area contributed by atoms with Gasteiger partial charge in [0.1, 0.15) is 0 Å². The van der Waals surface area contributed by atoms with E-state index in [0.29, 0.717) is 11.4 Å². The van der Waals surface area contributed by atoms with Gasteiger partial charge < -0.3 is 4.74 Å². The first-order valence-electron chi connectivity index (χ1n) is 3.29. The highest BCUT2D eigenvalue weighted by Crippen LogP contribution is 2.17. The Labute approximate surface area is 78.2 Å². The molecule has 1 aromatic heterocycles. The fraction of sp³-hybridized carbons (Fsp3) is 0.125. The highest BCUT2D eigenvalue weighted by Gasteiger charge is 2.01. The Morgan fingerprint density at radius 2 is 2.50 bits per heavy atom. The zero-order valence-electron chi connectivity index (χ0n) is 6.42. The predicted molar refractivity (Wildman–Crippen MR) is 47.7 cm³/mol. The van der Waals surface area contributed by atoms with Gasteiger partial charge in [-0.2, -0.15) is 4.39 Å². The molecule has 0 aliphatic heterocycles. The molecular formula is C8H7BrFNO. The average molecular weight is 232 g/mol. The quantitative estimate of drug-likeness (QED) is 0.731. The van der Waals surface area contributed by atoms with E-state index >= 15 is 0 Å². The number of aryl methyl sites for hydroxylation is 1. The normalized spacial score (nSPS) is 11.4. The largest absolute Gasteiger partial charge is 0.429 e. The molecule has 12 heavy (non-hydrogen) atoms. The van der Waals surface area contributed by atoms with Crippen LogP contribution in [0, 0.1) is 6.92 Å². The molecule has 0 radical (unpaired) electrons. The van der Waals surface area contributed by atoms with Crippen LogP contribution >= 0.6 is 15.9 Å². The van der Waals surface area contributed by atoms with Crippen LogP contribution in [0.2, 0.25) is 0 Å². The molecule has 0 fully saturated rings. The van der Waals surface area contributed by atoms with Crippen molar-refractivity contribution in [3.05, 3.63) is 35.0 Å². The Morgan fingerprint density at radius 1 is 1.75 bits per heavy atom. The highest BCUT2D eigenvalue weighted by molar-refractivity contribution is 9.11.